The third kappa shape index (κ3) is 3.17. The summed E-state index contributed by atoms with van der Waals surface area (Å²) in [5, 5.41) is 0.603. The molecule has 0 atom stereocenters. The van der Waals surface area contributed by atoms with Gasteiger partial charge in [-0.15, -0.1) is 0 Å². The molecule has 3 rings (SSSR count). The molecule has 0 aliphatic carbocycles. The van der Waals surface area contributed by atoms with E-state index in [1.807, 2.05) is 6.92 Å². The van der Waals surface area contributed by atoms with Crippen LogP contribution in [0.5, 0.6) is 0 Å². The highest BCUT2D eigenvalue weighted by molar-refractivity contribution is 6.31. The van der Waals surface area contributed by atoms with Gasteiger partial charge in [0.25, 0.3) is 0 Å². The average molecular weight is 360 g/mol. The Kier molecular flexibility index (Phi) is 4.90. The van der Waals surface area contributed by atoms with Crippen LogP contribution in [0.2, 0.25) is 5.02 Å². The van der Waals surface area contributed by atoms with Crippen molar-refractivity contribution in [2.24, 2.45) is 0 Å². The quantitative estimate of drug-likeness (QED) is 0.783. The molecule has 25 heavy (non-hydrogen) atoms. The van der Waals surface area contributed by atoms with Gasteiger partial charge >= 0.3 is 12.0 Å². The van der Waals surface area contributed by atoms with Gasteiger partial charge in [-0.1, -0.05) is 24.6 Å². The third-order valence-electron chi connectivity index (χ3n) is 4.17. The lowest BCUT2D eigenvalue weighted by molar-refractivity contribution is 0.0600. The van der Waals surface area contributed by atoms with E-state index in [1.54, 1.807) is 46.3 Å². The van der Waals surface area contributed by atoms with E-state index in [9.17, 15) is 9.59 Å². The Bertz CT molecular complexity index is 825. The fourth-order valence-electron chi connectivity index (χ4n) is 2.91. The lowest BCUT2D eigenvalue weighted by Crippen LogP contribution is -2.33. The molecule has 1 saturated heterocycles. The van der Waals surface area contributed by atoms with Crippen LogP contribution in [0.25, 0.3) is 0 Å². The summed E-state index contributed by atoms with van der Waals surface area (Å²) in [5.41, 5.74) is 1.90. The van der Waals surface area contributed by atoms with Crippen LogP contribution in [-0.2, 0) is 11.2 Å². The molecule has 6 nitrogen and oxygen atoms in total. The van der Waals surface area contributed by atoms with Gasteiger partial charge in [-0.2, -0.15) is 0 Å². The van der Waals surface area contributed by atoms with E-state index < -0.39 is 5.97 Å². The van der Waals surface area contributed by atoms with Crippen LogP contribution in [0.4, 0.5) is 16.3 Å². The summed E-state index contributed by atoms with van der Waals surface area (Å²) in [6, 6.07) is 8.36. The first-order chi connectivity index (χ1) is 12.1. The molecule has 0 radical (unpaired) electrons. The third-order valence-corrected chi connectivity index (χ3v) is 4.53. The Balaban J connectivity index is 1.91. The summed E-state index contributed by atoms with van der Waals surface area (Å²) in [7, 11) is 1.33. The van der Waals surface area contributed by atoms with Crippen LogP contribution >= 0.6 is 11.6 Å². The number of carbonyl (C=O) groups is 2. The Morgan fingerprint density at radius 1 is 1.28 bits per heavy atom. The highest BCUT2D eigenvalue weighted by atomic mass is 35.5. The maximum Gasteiger partial charge on any atom is 0.337 e. The molecule has 1 aromatic heterocycles. The van der Waals surface area contributed by atoms with Crippen LogP contribution < -0.4 is 9.80 Å². The van der Waals surface area contributed by atoms with Crippen molar-refractivity contribution in [3.05, 3.63) is 52.7 Å². The minimum atomic E-state index is -0.435. The number of carbonyl (C=O) groups excluding carboxylic acids is 2. The largest absolute Gasteiger partial charge is 0.465 e. The molecule has 0 N–H and O–H groups in total. The van der Waals surface area contributed by atoms with Crippen molar-refractivity contribution in [2.75, 3.05) is 30.0 Å². The Labute approximate surface area is 151 Å². The highest BCUT2D eigenvalue weighted by Gasteiger charge is 2.33. The van der Waals surface area contributed by atoms with E-state index in [-0.39, 0.29) is 6.03 Å². The fourth-order valence-corrected chi connectivity index (χ4v) is 3.18. The fraction of sp³-hybridized carbons (Fsp3) is 0.278. The predicted octanol–water partition coefficient (Wildman–Crippen LogP) is 3.53. The molecule has 0 saturated carbocycles. The van der Waals surface area contributed by atoms with Gasteiger partial charge in [0, 0.05) is 35.6 Å². The van der Waals surface area contributed by atoms with Crippen molar-refractivity contribution in [3.8, 4) is 0 Å². The molecule has 7 heteroatoms. The number of esters is 1. The van der Waals surface area contributed by atoms with Crippen molar-refractivity contribution in [3.63, 3.8) is 0 Å². The molecule has 2 aromatic rings. The maximum atomic E-state index is 12.9. The smallest absolute Gasteiger partial charge is 0.337 e. The van der Waals surface area contributed by atoms with E-state index in [1.165, 1.54) is 7.11 Å². The van der Waals surface area contributed by atoms with Gasteiger partial charge in [0.05, 0.1) is 12.7 Å². The first-order valence-electron chi connectivity index (χ1n) is 7.97. The van der Waals surface area contributed by atoms with Crippen LogP contribution in [-0.4, -0.2) is 37.2 Å². The van der Waals surface area contributed by atoms with Gasteiger partial charge in [-0.3, -0.25) is 9.80 Å². The zero-order valence-corrected chi connectivity index (χ0v) is 14.8. The summed E-state index contributed by atoms with van der Waals surface area (Å²) in [6.45, 7) is 2.98. The summed E-state index contributed by atoms with van der Waals surface area (Å²) in [4.78, 5) is 32.2. The standard InChI is InChI=1S/C18H18ClN3O3/c1-3-14-15(19)7-8-20-16(14)22-10-9-21(18(22)24)13-6-4-5-12(11-13)17(23)25-2/h4-8,11H,3,9-10H2,1-2H3. The van der Waals surface area contributed by atoms with Crippen LogP contribution in [0, 0.1) is 0 Å². The number of hydrogen-bond acceptors (Lipinski definition) is 4. The zero-order valence-electron chi connectivity index (χ0n) is 14.0. The summed E-state index contributed by atoms with van der Waals surface area (Å²) in [6.07, 6.45) is 2.29. The second kappa shape index (κ2) is 7.11. The number of benzene rings is 1. The second-order valence-corrected chi connectivity index (χ2v) is 5.98. The van der Waals surface area contributed by atoms with Crippen molar-refractivity contribution >= 4 is 35.1 Å². The van der Waals surface area contributed by atoms with E-state index in [0.29, 0.717) is 41.6 Å². The van der Waals surface area contributed by atoms with Crippen LogP contribution in [0.1, 0.15) is 22.8 Å². The van der Waals surface area contributed by atoms with Gasteiger partial charge < -0.3 is 4.74 Å². The number of amides is 2. The van der Waals surface area contributed by atoms with Crippen molar-refractivity contribution in [1.82, 2.24) is 4.98 Å². The summed E-state index contributed by atoms with van der Waals surface area (Å²) < 4.78 is 4.74. The molecule has 1 aromatic carbocycles. The molecular weight excluding hydrogens is 342 g/mol. The number of methoxy groups -OCH3 is 1. The number of hydrogen-bond donors (Lipinski definition) is 0. The van der Waals surface area contributed by atoms with Crippen molar-refractivity contribution < 1.29 is 14.3 Å². The molecular formula is C18H18ClN3O3. The topological polar surface area (TPSA) is 62.7 Å². The average Bonchev–Trinajstić information content (AvgIpc) is 3.02. The molecule has 1 aliphatic rings. The number of rotatable bonds is 4. The summed E-state index contributed by atoms with van der Waals surface area (Å²) >= 11 is 6.24. The zero-order chi connectivity index (χ0) is 18.0. The van der Waals surface area contributed by atoms with Gasteiger partial charge in [0.2, 0.25) is 0 Å². The van der Waals surface area contributed by atoms with Gasteiger partial charge in [-0.05, 0) is 30.7 Å². The monoisotopic (exact) mass is 359 g/mol. The highest BCUT2D eigenvalue weighted by Crippen LogP contribution is 2.30. The Hall–Kier alpha value is -2.60. The van der Waals surface area contributed by atoms with Crippen molar-refractivity contribution in [2.45, 2.75) is 13.3 Å². The van der Waals surface area contributed by atoms with Gasteiger partial charge in [0.15, 0.2) is 0 Å². The number of pyridine rings is 1. The lowest BCUT2D eigenvalue weighted by Gasteiger charge is -2.20. The van der Waals surface area contributed by atoms with E-state index in [2.05, 4.69) is 4.98 Å². The normalized spacial score (nSPS) is 14.1. The van der Waals surface area contributed by atoms with Crippen LogP contribution in [0.3, 0.4) is 0 Å². The molecule has 1 fully saturated rings. The summed E-state index contributed by atoms with van der Waals surface area (Å²) in [5.74, 6) is 0.154. The number of nitrogens with zero attached hydrogens (tertiary/aromatic N) is 3. The number of anilines is 2. The molecule has 2 amide bonds. The maximum absolute atomic E-state index is 12.9. The van der Waals surface area contributed by atoms with Gasteiger partial charge in [0.1, 0.15) is 5.82 Å². The number of urea groups is 1. The molecule has 130 valence electrons. The van der Waals surface area contributed by atoms with E-state index in [4.69, 9.17) is 16.3 Å². The van der Waals surface area contributed by atoms with Crippen LogP contribution in [0.15, 0.2) is 36.5 Å². The van der Waals surface area contributed by atoms with Gasteiger partial charge in [-0.25, -0.2) is 14.6 Å². The first-order valence-corrected chi connectivity index (χ1v) is 8.35. The van der Waals surface area contributed by atoms with Crippen molar-refractivity contribution in [1.29, 1.82) is 0 Å². The predicted molar refractivity (Wildman–Crippen MR) is 96.5 cm³/mol. The Morgan fingerprint density at radius 2 is 2.04 bits per heavy atom. The van der Waals surface area contributed by atoms with E-state index >= 15 is 0 Å². The lowest BCUT2D eigenvalue weighted by atomic mass is 10.2. The molecule has 0 spiro atoms. The molecule has 2 heterocycles. The molecule has 1 aliphatic heterocycles. The first kappa shape index (κ1) is 17.2. The molecule has 0 bridgehead atoms. The SMILES string of the molecule is CCc1c(Cl)ccnc1N1CCN(c2cccc(C(=O)OC)c2)C1=O. The number of halogens is 1. The minimum absolute atomic E-state index is 0.188. The second-order valence-electron chi connectivity index (χ2n) is 5.58. The minimum Gasteiger partial charge on any atom is -0.465 e. The number of aromatic nitrogens is 1. The van der Waals surface area contributed by atoms with E-state index in [0.717, 1.165) is 5.56 Å². The molecule has 0 unspecified atom stereocenters. The Morgan fingerprint density at radius 3 is 2.76 bits per heavy atom. The number of ether oxygens (including phenoxy) is 1.